The van der Waals surface area contributed by atoms with Crippen LogP contribution in [0.15, 0.2) is 30.5 Å². The molecule has 0 bridgehead atoms. The van der Waals surface area contributed by atoms with E-state index in [9.17, 15) is 14.4 Å². The topological polar surface area (TPSA) is 157 Å². The zero-order valence-electron chi connectivity index (χ0n) is 23.2. The van der Waals surface area contributed by atoms with Gasteiger partial charge in [0.1, 0.15) is 12.2 Å². The minimum absolute atomic E-state index is 0.0214. The van der Waals surface area contributed by atoms with Crippen LogP contribution in [0.5, 0.6) is 0 Å². The lowest BCUT2D eigenvalue weighted by molar-refractivity contribution is -0.131. The summed E-state index contributed by atoms with van der Waals surface area (Å²) in [5.74, 6) is 0.486. The van der Waals surface area contributed by atoms with Gasteiger partial charge in [-0.2, -0.15) is 5.26 Å². The summed E-state index contributed by atoms with van der Waals surface area (Å²) in [6, 6.07) is 9.89. The first kappa shape index (κ1) is 28.8. The van der Waals surface area contributed by atoms with Gasteiger partial charge in [-0.3, -0.25) is 14.4 Å². The molecule has 1 aromatic heterocycles. The Morgan fingerprint density at radius 2 is 1.88 bits per heavy atom. The van der Waals surface area contributed by atoms with Crippen molar-refractivity contribution in [3.8, 4) is 6.07 Å². The molecule has 2 unspecified atom stereocenters. The number of piperidine rings is 2. The van der Waals surface area contributed by atoms with Gasteiger partial charge in [0.25, 0.3) is 5.91 Å². The molecule has 4 N–H and O–H groups in total. The molecule has 2 saturated heterocycles. The predicted molar refractivity (Wildman–Crippen MR) is 152 cm³/mol. The van der Waals surface area contributed by atoms with E-state index >= 15 is 0 Å². The van der Waals surface area contributed by atoms with Gasteiger partial charge in [0, 0.05) is 43.8 Å². The van der Waals surface area contributed by atoms with Crippen molar-refractivity contribution < 1.29 is 14.4 Å². The summed E-state index contributed by atoms with van der Waals surface area (Å²) in [4.78, 5) is 49.4. The molecule has 1 aromatic carbocycles. The summed E-state index contributed by atoms with van der Waals surface area (Å²) < 4.78 is 0. The molecule has 2 fully saturated rings. The van der Waals surface area contributed by atoms with Gasteiger partial charge in [-0.05, 0) is 55.7 Å². The Hall–Kier alpha value is -4.20. The van der Waals surface area contributed by atoms with Gasteiger partial charge < -0.3 is 26.2 Å². The number of aromatic nitrogens is 2. The number of amides is 3. The molecule has 212 valence electrons. The van der Waals surface area contributed by atoms with E-state index in [2.05, 4.69) is 20.5 Å². The summed E-state index contributed by atoms with van der Waals surface area (Å²) in [5.41, 5.74) is 7.58. The number of rotatable bonds is 9. The average molecular weight is 547 g/mol. The van der Waals surface area contributed by atoms with Gasteiger partial charge in [-0.15, -0.1) is 0 Å². The first-order valence-corrected chi connectivity index (χ1v) is 14.0. The Labute approximate surface area is 235 Å². The number of nitrogens with two attached hydrogens (primary N) is 1. The van der Waals surface area contributed by atoms with Crippen LogP contribution in [-0.4, -0.2) is 64.8 Å². The zero-order valence-corrected chi connectivity index (χ0v) is 23.2. The fraction of sp³-hybridized carbons (Fsp3) is 0.517. The van der Waals surface area contributed by atoms with Gasteiger partial charge >= 0.3 is 0 Å². The lowest BCUT2D eigenvalue weighted by atomic mass is 9.89. The molecule has 4 rings (SSSR count). The molecule has 0 spiro atoms. The molecule has 11 heteroatoms. The molecule has 3 amide bonds. The number of benzene rings is 1. The fourth-order valence-electron chi connectivity index (χ4n) is 5.25. The Kier molecular flexibility index (Phi) is 9.53. The highest BCUT2D eigenvalue weighted by atomic mass is 16.2. The first-order chi connectivity index (χ1) is 19.3. The Bertz CT molecular complexity index is 1250. The second-order valence-electron chi connectivity index (χ2n) is 10.6. The third-order valence-corrected chi connectivity index (χ3v) is 7.87. The molecule has 2 atom stereocenters. The number of nitrogens with zero attached hydrogens (tertiary/aromatic N) is 5. The number of nitrogens with one attached hydrogen (secondary N) is 2. The third-order valence-electron chi connectivity index (χ3n) is 7.87. The fourth-order valence-corrected chi connectivity index (χ4v) is 5.25. The Balaban J connectivity index is 1.43. The van der Waals surface area contributed by atoms with Crippen LogP contribution >= 0.6 is 0 Å². The van der Waals surface area contributed by atoms with Crippen LogP contribution in [0.4, 0.5) is 17.3 Å². The van der Waals surface area contributed by atoms with Crippen LogP contribution in [0.25, 0.3) is 0 Å². The number of nitriles is 1. The van der Waals surface area contributed by atoms with Gasteiger partial charge in [0.2, 0.25) is 11.8 Å². The van der Waals surface area contributed by atoms with Crippen molar-refractivity contribution in [3.05, 3.63) is 41.7 Å². The third kappa shape index (κ3) is 7.05. The minimum Gasteiger partial charge on any atom is -0.364 e. The van der Waals surface area contributed by atoms with Gasteiger partial charge in [0.05, 0.1) is 12.3 Å². The number of primary amides is 1. The SMILES string of the molecule is CCC(C)C(=O)NC1CCCN(c2cnc(C(N)=O)c(Nc3ccc(C4CCN(C(=O)CC#N)CC4)cc3)n2)C1. The maximum atomic E-state index is 12.4. The summed E-state index contributed by atoms with van der Waals surface area (Å²) in [5, 5.41) is 15.1. The van der Waals surface area contributed by atoms with Crippen LogP contribution in [0.1, 0.15) is 74.3 Å². The number of anilines is 3. The monoisotopic (exact) mass is 546 g/mol. The van der Waals surface area contributed by atoms with Gasteiger partial charge in [0.15, 0.2) is 11.5 Å². The van der Waals surface area contributed by atoms with Crippen molar-refractivity contribution in [2.24, 2.45) is 11.7 Å². The maximum absolute atomic E-state index is 12.4. The van der Waals surface area contributed by atoms with Crippen LogP contribution in [0.2, 0.25) is 0 Å². The summed E-state index contributed by atoms with van der Waals surface area (Å²) >= 11 is 0. The van der Waals surface area contributed by atoms with E-state index < -0.39 is 5.91 Å². The van der Waals surface area contributed by atoms with Gasteiger partial charge in [-0.25, -0.2) is 9.97 Å². The van der Waals surface area contributed by atoms with Crippen molar-refractivity contribution >= 4 is 35.0 Å². The van der Waals surface area contributed by atoms with Crippen LogP contribution in [0.3, 0.4) is 0 Å². The predicted octanol–water partition coefficient (Wildman–Crippen LogP) is 3.07. The normalized spacial score (nSPS) is 18.5. The molecule has 40 heavy (non-hydrogen) atoms. The molecule has 3 heterocycles. The van der Waals surface area contributed by atoms with E-state index in [4.69, 9.17) is 16.0 Å². The molecule has 0 saturated carbocycles. The van der Waals surface area contributed by atoms with E-state index in [0.29, 0.717) is 31.4 Å². The maximum Gasteiger partial charge on any atom is 0.271 e. The van der Waals surface area contributed by atoms with E-state index in [-0.39, 0.29) is 41.7 Å². The minimum atomic E-state index is -0.673. The first-order valence-electron chi connectivity index (χ1n) is 14.0. The quantitative estimate of drug-likeness (QED) is 0.433. The number of likely N-dealkylation sites (tertiary alicyclic amines) is 1. The Morgan fingerprint density at radius 1 is 1.15 bits per heavy atom. The van der Waals surface area contributed by atoms with Crippen LogP contribution < -0.4 is 21.3 Å². The zero-order chi connectivity index (χ0) is 28.6. The summed E-state index contributed by atoms with van der Waals surface area (Å²) in [6.07, 6.45) is 5.77. The van der Waals surface area contributed by atoms with Crippen LogP contribution in [0, 0.1) is 17.2 Å². The van der Waals surface area contributed by atoms with Crippen molar-refractivity contribution in [3.63, 3.8) is 0 Å². The van der Waals surface area contributed by atoms with Crippen LogP contribution in [-0.2, 0) is 9.59 Å². The second kappa shape index (κ2) is 13.2. The standard InChI is InChI=1S/C29H38N8O3/c1-3-19(2)29(40)34-23-5-4-14-37(18-23)24-17-32-26(27(31)39)28(35-24)33-22-8-6-20(7-9-22)21-11-15-36(16-12-21)25(38)10-13-30/h6-9,17,19,21,23H,3-5,10-12,14-16,18H2,1-2H3,(H2,31,39)(H,33,35)(H,34,40). The summed E-state index contributed by atoms with van der Waals surface area (Å²) in [6.45, 7) is 6.61. The highest BCUT2D eigenvalue weighted by Gasteiger charge is 2.26. The molecule has 2 aromatic rings. The van der Waals surface area contributed by atoms with Crippen molar-refractivity contribution in [2.45, 2.75) is 64.3 Å². The number of hydrogen-bond acceptors (Lipinski definition) is 8. The average Bonchev–Trinajstić information content (AvgIpc) is 2.97. The summed E-state index contributed by atoms with van der Waals surface area (Å²) in [7, 11) is 0. The number of carbonyl (C=O) groups is 3. The van der Waals surface area contributed by atoms with E-state index in [1.165, 1.54) is 5.56 Å². The molecule has 2 aliphatic rings. The number of carbonyl (C=O) groups excluding carboxylic acids is 3. The second-order valence-corrected chi connectivity index (χ2v) is 10.6. The lowest BCUT2D eigenvalue weighted by Crippen LogP contribution is -2.49. The van der Waals surface area contributed by atoms with Crippen molar-refractivity contribution in [1.82, 2.24) is 20.2 Å². The molecular formula is C29H38N8O3. The van der Waals surface area contributed by atoms with Crippen molar-refractivity contribution in [1.29, 1.82) is 5.26 Å². The van der Waals surface area contributed by atoms with Gasteiger partial charge in [-0.1, -0.05) is 26.0 Å². The molecule has 0 radical (unpaired) electrons. The molecular weight excluding hydrogens is 508 g/mol. The van der Waals surface area contributed by atoms with E-state index in [1.807, 2.05) is 44.2 Å². The number of hydrogen-bond donors (Lipinski definition) is 3. The molecule has 11 nitrogen and oxygen atoms in total. The molecule has 0 aliphatic carbocycles. The molecule has 2 aliphatic heterocycles. The smallest absolute Gasteiger partial charge is 0.271 e. The Morgan fingerprint density at radius 3 is 2.52 bits per heavy atom. The largest absolute Gasteiger partial charge is 0.364 e. The van der Waals surface area contributed by atoms with E-state index in [1.54, 1.807) is 11.1 Å². The lowest BCUT2D eigenvalue weighted by Gasteiger charge is -2.34. The highest BCUT2D eigenvalue weighted by Crippen LogP contribution is 2.30. The van der Waals surface area contributed by atoms with Crippen molar-refractivity contribution in [2.75, 3.05) is 36.4 Å². The van der Waals surface area contributed by atoms with E-state index in [0.717, 1.165) is 44.3 Å². The highest BCUT2D eigenvalue weighted by molar-refractivity contribution is 5.96.